The third-order valence-electron chi connectivity index (χ3n) is 4.18. The lowest BCUT2D eigenvalue weighted by Gasteiger charge is -2.31. The van der Waals surface area contributed by atoms with Gasteiger partial charge in [-0.2, -0.15) is 8.78 Å². The molecule has 26 heavy (non-hydrogen) atoms. The number of hydrogen-bond donors (Lipinski definition) is 0. The first kappa shape index (κ1) is 20.0. The number of ether oxygens (including phenoxy) is 1. The molecule has 0 saturated heterocycles. The minimum absolute atomic E-state index is 0.115. The lowest BCUT2D eigenvalue weighted by atomic mass is 9.87. The highest BCUT2D eigenvalue weighted by atomic mass is 127. The van der Waals surface area contributed by atoms with Gasteiger partial charge in [0.05, 0.1) is 9.50 Å². The van der Waals surface area contributed by atoms with Gasteiger partial charge in [0.25, 0.3) is 0 Å². The molecule has 1 heterocycles. The Kier molecular flexibility index (Phi) is 5.93. The number of hydrogen-bond acceptors (Lipinski definition) is 2. The van der Waals surface area contributed by atoms with E-state index in [2.05, 4.69) is 43.3 Å². The molecule has 140 valence electrons. The molecule has 1 aliphatic carbocycles. The predicted molar refractivity (Wildman–Crippen MR) is 105 cm³/mol. The molecule has 0 aliphatic heterocycles. The third kappa shape index (κ3) is 3.91. The molecule has 0 N–H and O–H groups in total. The van der Waals surface area contributed by atoms with Gasteiger partial charge >= 0.3 is 6.61 Å². The molecule has 3 rings (SSSR count). The van der Waals surface area contributed by atoms with Crippen LogP contribution in [0.4, 0.5) is 13.2 Å². The Balaban J connectivity index is 2.22. The summed E-state index contributed by atoms with van der Waals surface area (Å²) in [7, 11) is 1.65. The molecule has 0 amide bonds. The summed E-state index contributed by atoms with van der Waals surface area (Å²) in [4.78, 5) is 4.71. The summed E-state index contributed by atoms with van der Waals surface area (Å²) in [6, 6.07) is 4.76. The van der Waals surface area contributed by atoms with E-state index < -0.39 is 10.2 Å². The molecule has 1 aliphatic rings. The Morgan fingerprint density at radius 1 is 1.42 bits per heavy atom. The van der Waals surface area contributed by atoms with Gasteiger partial charge in [0.2, 0.25) is 0 Å². The van der Waals surface area contributed by atoms with E-state index in [0.717, 1.165) is 12.0 Å². The number of nitrogens with zero attached hydrogens (tertiary/aromatic N) is 2. The van der Waals surface area contributed by atoms with E-state index in [9.17, 15) is 13.2 Å². The van der Waals surface area contributed by atoms with Crippen LogP contribution in [0.3, 0.4) is 0 Å². The smallest absolute Gasteiger partial charge is 0.387 e. The first-order chi connectivity index (χ1) is 12.2. The largest absolute Gasteiger partial charge is 0.431 e. The number of rotatable bonds is 3. The molecule has 0 spiro atoms. The highest BCUT2D eigenvalue weighted by Gasteiger charge is 2.35. The van der Waals surface area contributed by atoms with Gasteiger partial charge in [-0.05, 0) is 75.0 Å². The first-order valence-electron chi connectivity index (χ1n) is 7.74. The van der Waals surface area contributed by atoms with Crippen LogP contribution in [0.25, 0.3) is 0 Å². The maximum absolute atomic E-state index is 14.5. The minimum Gasteiger partial charge on any atom is -0.431 e. The maximum Gasteiger partial charge on any atom is 0.387 e. The average Bonchev–Trinajstić information content (AvgIpc) is 2.54. The zero-order valence-corrected chi connectivity index (χ0v) is 18.1. The fraction of sp³-hybridized carbons (Fsp3) is 0.353. The van der Waals surface area contributed by atoms with E-state index in [-0.39, 0.29) is 22.1 Å². The average molecular weight is 562 g/mol. The molecule has 1 aromatic carbocycles. The first-order valence-corrected chi connectivity index (χ1v) is 9.99. The highest BCUT2D eigenvalue weighted by molar-refractivity contribution is 14.1. The van der Waals surface area contributed by atoms with Gasteiger partial charge in [0, 0.05) is 19.3 Å². The second-order valence-electron chi connectivity index (χ2n) is 5.95. The van der Waals surface area contributed by atoms with Gasteiger partial charge in [-0.15, -0.1) is 0 Å². The van der Waals surface area contributed by atoms with Gasteiger partial charge in [-0.3, -0.25) is 0 Å². The van der Waals surface area contributed by atoms with E-state index in [4.69, 9.17) is 16.6 Å². The van der Waals surface area contributed by atoms with Crippen LogP contribution in [-0.2, 0) is 17.0 Å². The Hall–Kier alpha value is -0.740. The summed E-state index contributed by atoms with van der Waals surface area (Å²) in [5.41, 5.74) is 1.56. The van der Waals surface area contributed by atoms with Crippen molar-refractivity contribution in [3.8, 4) is 5.75 Å². The molecule has 0 unspecified atom stereocenters. The van der Waals surface area contributed by atoms with Crippen molar-refractivity contribution in [1.29, 1.82) is 0 Å². The quantitative estimate of drug-likeness (QED) is 0.268. The molecule has 0 bridgehead atoms. The van der Waals surface area contributed by atoms with Crippen molar-refractivity contribution < 1.29 is 17.9 Å². The molecule has 2 aromatic rings. The molecular formula is C17H14BrClF3IN2O. The van der Waals surface area contributed by atoms with E-state index in [1.807, 2.05) is 6.07 Å². The number of fused-ring (bicyclic) bond motifs is 1. The lowest BCUT2D eigenvalue weighted by Crippen LogP contribution is -2.30. The molecule has 9 heteroatoms. The van der Waals surface area contributed by atoms with Crippen molar-refractivity contribution in [3.63, 3.8) is 0 Å². The van der Waals surface area contributed by atoms with Crippen molar-refractivity contribution in [1.82, 2.24) is 4.57 Å². The van der Waals surface area contributed by atoms with Crippen LogP contribution >= 0.6 is 50.1 Å². The minimum atomic E-state index is -3.00. The van der Waals surface area contributed by atoms with Crippen molar-refractivity contribution in [2.45, 2.75) is 29.4 Å². The number of halogens is 6. The van der Waals surface area contributed by atoms with Gasteiger partial charge in [0.1, 0.15) is 9.36 Å². The summed E-state index contributed by atoms with van der Waals surface area (Å²) in [5.74, 6) is -0.418. The van der Waals surface area contributed by atoms with E-state index >= 15 is 0 Å². The topological polar surface area (TPSA) is 26.5 Å². The second-order valence-corrected chi connectivity index (χ2v) is 9.02. The van der Waals surface area contributed by atoms with Crippen molar-refractivity contribution in [2.24, 2.45) is 12.0 Å². The van der Waals surface area contributed by atoms with E-state index in [0.29, 0.717) is 22.9 Å². The molecule has 0 radical (unpaired) electrons. The van der Waals surface area contributed by atoms with Crippen LogP contribution in [0.1, 0.15) is 24.0 Å². The monoisotopic (exact) mass is 560 g/mol. The zero-order chi connectivity index (χ0) is 19.1. The van der Waals surface area contributed by atoms with Gasteiger partial charge < -0.3 is 9.30 Å². The number of pyridine rings is 1. The van der Waals surface area contributed by atoms with Crippen LogP contribution in [0, 0.1) is 5.82 Å². The number of benzene rings is 1. The summed E-state index contributed by atoms with van der Waals surface area (Å²) in [6.07, 6.45) is 3.55. The summed E-state index contributed by atoms with van der Waals surface area (Å²) < 4.78 is 45.9. The maximum atomic E-state index is 14.5. The third-order valence-corrected chi connectivity index (χ3v) is 6.36. The highest BCUT2D eigenvalue weighted by Crippen LogP contribution is 2.45. The summed E-state index contributed by atoms with van der Waals surface area (Å²) >= 11 is 11.3. The molecule has 3 nitrogen and oxygen atoms in total. The molecule has 1 atom stereocenters. The second kappa shape index (κ2) is 7.71. The number of aromatic nitrogens is 1. The Morgan fingerprint density at radius 2 is 2.15 bits per heavy atom. The zero-order valence-electron chi connectivity index (χ0n) is 13.6. The number of alkyl halides is 3. The van der Waals surface area contributed by atoms with Crippen LogP contribution in [-0.4, -0.2) is 11.2 Å². The normalized spacial score (nSPS) is 20.4. The van der Waals surface area contributed by atoms with Crippen LogP contribution in [0.2, 0.25) is 5.02 Å². The Morgan fingerprint density at radius 3 is 2.85 bits per heavy atom. The van der Waals surface area contributed by atoms with Crippen LogP contribution in [0.5, 0.6) is 5.75 Å². The Bertz CT molecular complexity index is 922. The fourth-order valence-corrected chi connectivity index (χ4v) is 4.81. The summed E-state index contributed by atoms with van der Waals surface area (Å²) in [5, 5.41) is 0.253. The van der Waals surface area contributed by atoms with Crippen molar-refractivity contribution >= 4 is 50.1 Å². The Labute approximate surface area is 175 Å². The molecule has 1 aromatic heterocycles. The summed E-state index contributed by atoms with van der Waals surface area (Å²) in [6.45, 7) is -3.00. The van der Waals surface area contributed by atoms with Crippen LogP contribution < -0.4 is 10.2 Å². The molecular weight excluding hydrogens is 547 g/mol. The van der Waals surface area contributed by atoms with E-state index in [1.165, 1.54) is 10.6 Å². The standard InChI is InChI=1S/C17H14BrClF3IN2O/c1-25-8-9(19)7-13(26-16(21)22)15(25)24-17(23)6-2-3-10-11(17)4-5-12(18)14(10)20/h4-5,7-8,16H,2-3,6H2,1H3/t17-/m0/s1. The van der Waals surface area contributed by atoms with Gasteiger partial charge in [-0.25, -0.2) is 9.38 Å². The van der Waals surface area contributed by atoms with Gasteiger partial charge in [-0.1, -0.05) is 17.7 Å². The van der Waals surface area contributed by atoms with Crippen molar-refractivity contribution in [2.75, 3.05) is 0 Å². The SMILES string of the molecule is Cn1cc(Cl)cc(OC(F)F)c1=N[C@@]1(I)CCCc2c1ccc(Br)c2F. The predicted octanol–water partition coefficient (Wildman–Crippen LogP) is 5.71. The molecule has 0 saturated carbocycles. The number of aryl methyl sites for hydroxylation is 1. The van der Waals surface area contributed by atoms with Crippen LogP contribution in [0.15, 0.2) is 33.9 Å². The van der Waals surface area contributed by atoms with E-state index in [1.54, 1.807) is 19.3 Å². The fourth-order valence-electron chi connectivity index (χ4n) is 3.08. The van der Waals surface area contributed by atoms with Crippen molar-refractivity contribution in [3.05, 3.63) is 56.3 Å². The lowest BCUT2D eigenvalue weighted by molar-refractivity contribution is -0.0513. The molecule has 0 fully saturated rings. The van der Waals surface area contributed by atoms with Gasteiger partial charge in [0.15, 0.2) is 11.2 Å².